The van der Waals surface area contributed by atoms with Crippen LogP contribution in [-0.2, 0) is 49.6 Å². The molecule has 0 aromatic carbocycles. The van der Waals surface area contributed by atoms with Crippen molar-refractivity contribution in [2.45, 2.75) is 119 Å². The van der Waals surface area contributed by atoms with Crippen molar-refractivity contribution in [3.05, 3.63) is 18.2 Å². The van der Waals surface area contributed by atoms with Crippen LogP contribution in [0.2, 0.25) is 0 Å². The number of H-pyrrole nitrogens is 1. The van der Waals surface area contributed by atoms with Gasteiger partial charge in [0.2, 0.25) is 53.2 Å². The molecule has 0 radical (unpaired) electrons. The number of carbonyl (C=O) groups is 9. The molecule has 22 nitrogen and oxygen atoms in total. The maximum Gasteiger partial charge on any atom is 0.246 e. The fraction of sp³-hybridized carbons (Fsp3) is 0.676. The first-order valence-electron chi connectivity index (χ1n) is 20.5. The average Bonchev–Trinajstić information content (AvgIpc) is 4.07. The van der Waals surface area contributed by atoms with E-state index in [1.807, 2.05) is 0 Å². The molecule has 1 aromatic rings. The molecule has 7 atom stereocenters. The normalized spacial score (nSPS) is 20.8. The second kappa shape index (κ2) is 22.9. The minimum Gasteiger partial charge on any atom is -0.370 e. The zero-order chi connectivity index (χ0) is 43.9. The minimum absolute atomic E-state index is 0.0903. The van der Waals surface area contributed by atoms with E-state index in [0.29, 0.717) is 63.6 Å². The largest absolute Gasteiger partial charge is 0.370 e. The van der Waals surface area contributed by atoms with Gasteiger partial charge in [-0.15, -0.1) is 0 Å². The van der Waals surface area contributed by atoms with Gasteiger partial charge in [-0.1, -0.05) is 0 Å². The van der Waals surface area contributed by atoms with E-state index in [0.717, 1.165) is 6.42 Å². The van der Waals surface area contributed by atoms with Crippen molar-refractivity contribution in [1.29, 1.82) is 0 Å². The van der Waals surface area contributed by atoms with Crippen LogP contribution in [0.25, 0.3) is 0 Å². The number of primary amides is 2. The van der Waals surface area contributed by atoms with Crippen LogP contribution < -0.4 is 44.2 Å². The molecule has 0 spiro atoms. The Morgan fingerprint density at radius 2 is 1.42 bits per heavy atom. The highest BCUT2D eigenvalue weighted by atomic mass is 32.1. The van der Waals surface area contributed by atoms with Crippen LogP contribution in [0.4, 0.5) is 0 Å². The quantitative estimate of drug-likeness (QED) is 0.0388. The Labute approximate surface area is 353 Å². The Kier molecular flexibility index (Phi) is 18.1. The monoisotopic (exact) mass is 862 g/mol. The van der Waals surface area contributed by atoms with Gasteiger partial charge in [0.25, 0.3) is 0 Å². The van der Waals surface area contributed by atoms with Crippen LogP contribution in [0.3, 0.4) is 0 Å². The fourth-order valence-corrected chi connectivity index (χ4v) is 8.07. The summed E-state index contributed by atoms with van der Waals surface area (Å²) < 4.78 is 0. The number of rotatable bonds is 22. The van der Waals surface area contributed by atoms with Gasteiger partial charge in [0.1, 0.15) is 36.3 Å². The maximum atomic E-state index is 13.9. The van der Waals surface area contributed by atoms with Crippen LogP contribution in [0.5, 0.6) is 0 Å². The Balaban J connectivity index is 1.34. The van der Waals surface area contributed by atoms with Crippen LogP contribution in [0.15, 0.2) is 12.5 Å². The number of unbranched alkanes of at least 4 members (excludes halogenated alkanes) is 1. The lowest BCUT2D eigenvalue weighted by Gasteiger charge is -2.32. The van der Waals surface area contributed by atoms with Crippen LogP contribution in [0.1, 0.15) is 76.3 Å². The summed E-state index contributed by atoms with van der Waals surface area (Å²) in [6.45, 7) is 0.854. The summed E-state index contributed by atoms with van der Waals surface area (Å²) in [7, 11) is 0. The first-order chi connectivity index (χ1) is 28.7. The number of nitrogens with two attached hydrogens (primary N) is 3. The van der Waals surface area contributed by atoms with Crippen LogP contribution >= 0.6 is 12.6 Å². The number of imidazole rings is 1. The van der Waals surface area contributed by atoms with Gasteiger partial charge in [0, 0.05) is 50.1 Å². The number of quaternary nitrogens is 1. The van der Waals surface area contributed by atoms with E-state index in [9.17, 15) is 43.2 Å². The molecule has 7 unspecified atom stereocenters. The highest BCUT2D eigenvalue weighted by molar-refractivity contribution is 7.80. The molecule has 0 bridgehead atoms. The zero-order valence-corrected chi connectivity index (χ0v) is 34.7. The van der Waals surface area contributed by atoms with Crippen molar-refractivity contribution in [3.63, 3.8) is 0 Å². The molecule has 0 aliphatic carbocycles. The molecule has 3 aliphatic rings. The molecule has 60 heavy (non-hydrogen) atoms. The number of carbonyl (C=O) groups excluding carboxylic acids is 9. The van der Waals surface area contributed by atoms with Crippen molar-refractivity contribution in [1.82, 2.24) is 45.9 Å². The molecule has 23 heteroatoms. The summed E-state index contributed by atoms with van der Waals surface area (Å²) >= 11 is 4.22. The zero-order valence-electron chi connectivity index (χ0n) is 33.8. The van der Waals surface area contributed by atoms with Crippen molar-refractivity contribution in [3.8, 4) is 0 Å². The third-order valence-corrected chi connectivity index (χ3v) is 11.4. The van der Waals surface area contributed by atoms with E-state index in [-0.39, 0.29) is 44.6 Å². The molecule has 3 saturated heterocycles. The highest BCUT2D eigenvalue weighted by Gasteiger charge is 2.43. The summed E-state index contributed by atoms with van der Waals surface area (Å²) in [5, 5.41) is 10.4. The number of likely N-dealkylation sites (tertiary alicyclic amines) is 3. The molecule has 0 saturated carbocycles. The molecule has 14 N–H and O–H groups in total. The Morgan fingerprint density at radius 1 is 0.800 bits per heavy atom. The summed E-state index contributed by atoms with van der Waals surface area (Å²) in [4.78, 5) is 129. The third kappa shape index (κ3) is 12.9. The van der Waals surface area contributed by atoms with E-state index in [4.69, 9.17) is 17.2 Å². The fourth-order valence-electron chi connectivity index (χ4n) is 7.81. The lowest BCUT2D eigenvalue weighted by Crippen LogP contribution is -2.58. The number of hydrogen-bond acceptors (Lipinski definition) is 12. The topological polar surface area (TPSA) is 346 Å². The van der Waals surface area contributed by atoms with Gasteiger partial charge in [-0.3, -0.25) is 43.2 Å². The second-order valence-electron chi connectivity index (χ2n) is 15.4. The van der Waals surface area contributed by atoms with E-state index in [1.165, 1.54) is 21.0 Å². The lowest BCUT2D eigenvalue weighted by atomic mass is 10.1. The van der Waals surface area contributed by atoms with Gasteiger partial charge >= 0.3 is 0 Å². The van der Waals surface area contributed by atoms with Gasteiger partial charge < -0.3 is 63.9 Å². The average molecular weight is 863 g/mol. The molecule has 3 fully saturated rings. The standard InChI is InChI=1S/C37H59N13O9S/c38-12-2-1-6-23(31(41)53)45-33(55)25(19-60)47-35(57)27-8-4-15-50(27)37(59)28-9-5-13-48(28)30(52)18-43-32(54)24(10-11-29(40)51)46-34(56)26-7-3-14-49(26)36(58)22(39)16-21-17-42-20-44-21/h17,20,22-28,60H,1-16,18-19,38-39H2,(H2,40,51)(H2,41,53)(H,42,44)(H,43,54)(H,45,55)(H,46,56)(H,47,57)/p+1. The summed E-state index contributed by atoms with van der Waals surface area (Å²) in [5.74, 6) is -5.63. The minimum atomic E-state index is -1.28. The molecule has 332 valence electrons. The van der Waals surface area contributed by atoms with Crippen molar-refractivity contribution < 1.29 is 48.9 Å². The predicted molar refractivity (Wildman–Crippen MR) is 216 cm³/mol. The van der Waals surface area contributed by atoms with Crippen molar-refractivity contribution in [2.75, 3.05) is 38.5 Å². The van der Waals surface area contributed by atoms with E-state index in [2.05, 4.69) is 49.6 Å². The first-order valence-corrected chi connectivity index (χ1v) is 21.1. The maximum absolute atomic E-state index is 13.9. The molecule has 4 rings (SSSR count). The Bertz CT molecular complexity index is 1720. The number of hydrogen-bond donors (Lipinski definition) is 10. The SMILES string of the molecule is NC(=O)CCC(NC(=O)C1CCCN1C(=O)C(N)Cc1cnc[nH]1)C(=O)NCC(=O)N1CCCC1C(=O)N1CCCC1C(=O)NC(CS)C(=O)NC(CCCC[NH3+])C(N)=O. The van der Waals surface area contributed by atoms with Gasteiger partial charge in [0.15, 0.2) is 0 Å². The molecular formula is C37H60N13O9S+. The predicted octanol–water partition coefficient (Wildman–Crippen LogP) is -5.08. The van der Waals surface area contributed by atoms with E-state index in [1.54, 1.807) is 6.20 Å². The summed E-state index contributed by atoms with van der Waals surface area (Å²) in [6, 6.07) is -7.05. The number of nitrogens with one attached hydrogen (secondary N) is 5. The van der Waals surface area contributed by atoms with Gasteiger partial charge in [-0.25, -0.2) is 4.98 Å². The second-order valence-corrected chi connectivity index (χ2v) is 15.7. The molecule has 3 aliphatic heterocycles. The Hall–Kier alpha value is -5.29. The van der Waals surface area contributed by atoms with Crippen molar-refractivity contribution in [2.24, 2.45) is 17.2 Å². The van der Waals surface area contributed by atoms with Gasteiger partial charge in [-0.2, -0.15) is 12.6 Å². The van der Waals surface area contributed by atoms with Crippen LogP contribution in [0, 0.1) is 0 Å². The lowest BCUT2D eigenvalue weighted by molar-refractivity contribution is -0.368. The molecule has 1 aromatic heterocycles. The Morgan fingerprint density at radius 3 is 2.02 bits per heavy atom. The third-order valence-electron chi connectivity index (χ3n) is 11.0. The van der Waals surface area contributed by atoms with Crippen molar-refractivity contribution >= 4 is 65.8 Å². The van der Waals surface area contributed by atoms with Gasteiger partial charge in [0.05, 0.1) is 25.5 Å². The molecular weight excluding hydrogens is 803 g/mol. The smallest absolute Gasteiger partial charge is 0.246 e. The summed E-state index contributed by atoms with van der Waals surface area (Å²) in [6.07, 6.45) is 6.87. The summed E-state index contributed by atoms with van der Waals surface area (Å²) in [5.41, 5.74) is 21.4. The van der Waals surface area contributed by atoms with E-state index < -0.39 is 102 Å². The number of nitrogens with zero attached hydrogens (tertiary/aromatic N) is 4. The molecule has 9 amide bonds. The van der Waals surface area contributed by atoms with E-state index >= 15 is 0 Å². The molecule has 4 heterocycles. The first kappa shape index (κ1) is 47.4. The van der Waals surface area contributed by atoms with Crippen LogP contribution in [-0.4, -0.2) is 159 Å². The number of aromatic amines is 1. The van der Waals surface area contributed by atoms with Gasteiger partial charge in [-0.05, 0) is 64.2 Å². The number of amides is 9. The number of thiol groups is 1. The number of aromatic nitrogens is 2. The highest BCUT2D eigenvalue weighted by Crippen LogP contribution is 2.25.